The second-order valence-corrected chi connectivity index (χ2v) is 9.56. The molecule has 0 bridgehead atoms. The Balaban J connectivity index is 0.000000261. The lowest BCUT2D eigenvalue weighted by Crippen LogP contribution is -2.30. The van der Waals surface area contributed by atoms with E-state index in [1.165, 1.54) is 62.9 Å². The molecule has 2 fully saturated rings. The molecule has 2 aliphatic rings. The first-order valence-corrected chi connectivity index (χ1v) is 12.1. The van der Waals surface area contributed by atoms with E-state index in [0.717, 1.165) is 15.9 Å². The molecule has 1 aromatic carbocycles. The zero-order valence-corrected chi connectivity index (χ0v) is 19.9. The molecule has 2 aromatic rings. The van der Waals surface area contributed by atoms with Crippen LogP contribution in [0.25, 0.3) is 0 Å². The van der Waals surface area contributed by atoms with Gasteiger partial charge in [0.05, 0.1) is 10.7 Å². The average molecular weight is 421 g/mol. The molecule has 0 amide bonds. The Hall–Kier alpha value is -0.900. The summed E-state index contributed by atoms with van der Waals surface area (Å²) in [6, 6.07) is 8.38. The van der Waals surface area contributed by atoms with Gasteiger partial charge in [0.25, 0.3) is 0 Å². The minimum atomic E-state index is 0.119. The molecule has 156 valence electrons. The third-order valence-electron chi connectivity index (χ3n) is 5.84. The van der Waals surface area contributed by atoms with E-state index in [0.29, 0.717) is 0 Å². The van der Waals surface area contributed by atoms with Crippen molar-refractivity contribution in [2.45, 2.75) is 71.6 Å². The molecule has 1 saturated heterocycles. The van der Waals surface area contributed by atoms with Gasteiger partial charge in [0.2, 0.25) is 0 Å². The van der Waals surface area contributed by atoms with Crippen molar-refractivity contribution in [2.24, 2.45) is 5.92 Å². The Labute approximate surface area is 181 Å². The zero-order chi connectivity index (χ0) is 20.6. The second kappa shape index (κ2) is 11.3. The molecule has 28 heavy (non-hydrogen) atoms. The van der Waals surface area contributed by atoms with Crippen LogP contribution in [0.2, 0.25) is 5.02 Å². The molecule has 1 unspecified atom stereocenters. The summed E-state index contributed by atoms with van der Waals surface area (Å²) < 4.78 is 0. The van der Waals surface area contributed by atoms with Crippen molar-refractivity contribution in [1.82, 2.24) is 9.88 Å². The fraction of sp³-hybridized carbons (Fsp3) is 0.625. The van der Waals surface area contributed by atoms with Gasteiger partial charge in [-0.2, -0.15) is 0 Å². The van der Waals surface area contributed by atoms with Crippen LogP contribution in [0.5, 0.6) is 0 Å². The van der Waals surface area contributed by atoms with E-state index in [-0.39, 0.29) is 5.41 Å². The van der Waals surface area contributed by atoms with Gasteiger partial charge in [0.1, 0.15) is 0 Å². The van der Waals surface area contributed by atoms with Crippen molar-refractivity contribution in [1.29, 1.82) is 0 Å². The average Bonchev–Trinajstić information content (AvgIpc) is 3.32. The molecule has 1 atom stereocenters. The smallest absolute Gasteiger partial charge is 0.0897 e. The van der Waals surface area contributed by atoms with E-state index in [1.807, 2.05) is 26.0 Å². The first kappa shape index (κ1) is 23.4. The van der Waals surface area contributed by atoms with Crippen LogP contribution >= 0.6 is 22.9 Å². The SMILES string of the molecule is CC.CC1CCN(C)C1.Cc1nc(C2(c3ccc(Cl)cc3)CCCCC2)cs1. The topological polar surface area (TPSA) is 16.1 Å². The number of benzene rings is 1. The molecular weight excluding hydrogens is 384 g/mol. The zero-order valence-electron chi connectivity index (χ0n) is 18.3. The monoisotopic (exact) mass is 420 g/mol. The molecule has 0 spiro atoms. The van der Waals surface area contributed by atoms with Crippen LogP contribution in [0.3, 0.4) is 0 Å². The Morgan fingerprint density at radius 1 is 1.11 bits per heavy atom. The molecule has 0 N–H and O–H groups in total. The number of aromatic nitrogens is 1. The van der Waals surface area contributed by atoms with Crippen LogP contribution in [0.4, 0.5) is 0 Å². The van der Waals surface area contributed by atoms with E-state index in [9.17, 15) is 0 Å². The van der Waals surface area contributed by atoms with Gasteiger partial charge in [0.15, 0.2) is 0 Å². The van der Waals surface area contributed by atoms with Crippen molar-refractivity contribution in [2.75, 3.05) is 20.1 Å². The quantitative estimate of drug-likeness (QED) is 0.505. The van der Waals surface area contributed by atoms with Crippen LogP contribution in [-0.2, 0) is 5.41 Å². The largest absolute Gasteiger partial charge is 0.306 e. The normalized spacial score (nSPS) is 21.3. The van der Waals surface area contributed by atoms with Gasteiger partial charge in [-0.05, 0) is 63.4 Å². The maximum atomic E-state index is 6.03. The first-order chi connectivity index (χ1) is 13.5. The fourth-order valence-electron chi connectivity index (χ4n) is 4.36. The number of nitrogens with zero attached hydrogens (tertiary/aromatic N) is 2. The number of hydrogen-bond acceptors (Lipinski definition) is 3. The number of likely N-dealkylation sites (tertiary alicyclic amines) is 1. The predicted octanol–water partition coefficient (Wildman–Crippen LogP) is 7.34. The summed E-state index contributed by atoms with van der Waals surface area (Å²) >= 11 is 7.79. The van der Waals surface area contributed by atoms with Crippen molar-refractivity contribution in [3.05, 3.63) is 50.9 Å². The highest BCUT2D eigenvalue weighted by atomic mass is 35.5. The molecule has 4 rings (SSSR count). The summed E-state index contributed by atoms with van der Waals surface area (Å²) in [6.07, 6.45) is 7.74. The highest BCUT2D eigenvalue weighted by Gasteiger charge is 2.37. The molecule has 1 aromatic heterocycles. The van der Waals surface area contributed by atoms with Crippen LogP contribution in [0.15, 0.2) is 29.6 Å². The summed E-state index contributed by atoms with van der Waals surface area (Å²) in [7, 11) is 2.18. The van der Waals surface area contributed by atoms with Gasteiger partial charge in [-0.1, -0.05) is 63.8 Å². The minimum absolute atomic E-state index is 0.119. The third kappa shape index (κ3) is 6.05. The van der Waals surface area contributed by atoms with E-state index in [1.54, 1.807) is 11.3 Å². The van der Waals surface area contributed by atoms with Gasteiger partial charge < -0.3 is 4.90 Å². The van der Waals surface area contributed by atoms with Gasteiger partial charge in [-0.15, -0.1) is 11.3 Å². The lowest BCUT2D eigenvalue weighted by Gasteiger charge is -2.36. The lowest BCUT2D eigenvalue weighted by atomic mass is 9.67. The van der Waals surface area contributed by atoms with Crippen LogP contribution in [0, 0.1) is 12.8 Å². The molecule has 0 radical (unpaired) electrons. The molecule has 1 aliphatic heterocycles. The van der Waals surface area contributed by atoms with Gasteiger partial charge in [-0.3, -0.25) is 0 Å². The maximum absolute atomic E-state index is 6.03. The molecule has 2 nitrogen and oxygen atoms in total. The fourth-order valence-corrected chi connectivity index (χ4v) is 5.19. The lowest BCUT2D eigenvalue weighted by molar-refractivity contribution is 0.339. The number of thiazole rings is 1. The van der Waals surface area contributed by atoms with Crippen molar-refractivity contribution >= 4 is 22.9 Å². The third-order valence-corrected chi connectivity index (χ3v) is 6.87. The van der Waals surface area contributed by atoms with E-state index >= 15 is 0 Å². The molecular formula is C24H37ClN2S. The van der Waals surface area contributed by atoms with E-state index < -0.39 is 0 Å². The highest BCUT2D eigenvalue weighted by molar-refractivity contribution is 7.09. The maximum Gasteiger partial charge on any atom is 0.0897 e. The first-order valence-electron chi connectivity index (χ1n) is 10.9. The van der Waals surface area contributed by atoms with Crippen molar-refractivity contribution in [3.8, 4) is 0 Å². The van der Waals surface area contributed by atoms with Crippen LogP contribution in [0.1, 0.15) is 75.6 Å². The van der Waals surface area contributed by atoms with Gasteiger partial charge >= 0.3 is 0 Å². The summed E-state index contributed by atoms with van der Waals surface area (Å²) in [5.74, 6) is 0.949. The number of halogens is 1. The summed E-state index contributed by atoms with van der Waals surface area (Å²) in [4.78, 5) is 7.17. The summed E-state index contributed by atoms with van der Waals surface area (Å²) in [6.45, 7) is 11.0. The number of hydrogen-bond donors (Lipinski definition) is 0. The van der Waals surface area contributed by atoms with Crippen molar-refractivity contribution in [3.63, 3.8) is 0 Å². The summed E-state index contributed by atoms with van der Waals surface area (Å²) in [5, 5.41) is 4.22. The predicted molar refractivity (Wildman–Crippen MR) is 125 cm³/mol. The van der Waals surface area contributed by atoms with Crippen LogP contribution in [-0.4, -0.2) is 30.0 Å². The Kier molecular flexibility index (Phi) is 9.46. The van der Waals surface area contributed by atoms with E-state index in [4.69, 9.17) is 16.6 Å². The molecule has 4 heteroatoms. The molecule has 1 saturated carbocycles. The number of rotatable bonds is 2. The standard InChI is InChI=1S/C16H18ClNS.C6H13N.C2H6/c1-12-18-15(11-19-12)16(9-3-2-4-10-16)13-5-7-14(17)8-6-13;1-6-3-4-7(2)5-6;1-2/h5-8,11H,2-4,9-10H2,1H3;6H,3-5H2,1-2H3;1-2H3. The highest BCUT2D eigenvalue weighted by Crippen LogP contribution is 2.45. The van der Waals surface area contributed by atoms with E-state index in [2.05, 4.69) is 43.3 Å². The minimum Gasteiger partial charge on any atom is -0.306 e. The Morgan fingerprint density at radius 3 is 2.18 bits per heavy atom. The number of aryl methyl sites for hydroxylation is 1. The van der Waals surface area contributed by atoms with Crippen molar-refractivity contribution < 1.29 is 0 Å². The second-order valence-electron chi connectivity index (χ2n) is 8.06. The molecule has 1 aliphatic carbocycles. The Bertz CT molecular complexity index is 681. The Morgan fingerprint density at radius 2 is 1.75 bits per heavy atom. The molecule has 2 heterocycles. The van der Waals surface area contributed by atoms with Crippen LogP contribution < -0.4 is 0 Å². The summed E-state index contributed by atoms with van der Waals surface area (Å²) in [5.41, 5.74) is 2.76. The van der Waals surface area contributed by atoms with Gasteiger partial charge in [-0.25, -0.2) is 4.98 Å². The van der Waals surface area contributed by atoms with Gasteiger partial charge in [0, 0.05) is 22.4 Å².